The summed E-state index contributed by atoms with van der Waals surface area (Å²) < 4.78 is 0. The molecule has 1 unspecified atom stereocenters. The lowest BCUT2D eigenvalue weighted by Gasteiger charge is -2.21. The SMILES string of the molecule is C1=CCCC(C2=Nc3c(ccc4ccc(C5C=C(c6cccc(-c7ccc8ccc9ccc(-c%10ccccc%10)nc9c8n7)c6)C=CC5)nc34)CC2)=C1. The summed E-state index contributed by atoms with van der Waals surface area (Å²) in [5, 5.41) is 3.32. The van der Waals surface area contributed by atoms with E-state index in [1.54, 1.807) is 0 Å². The molecule has 4 heterocycles. The van der Waals surface area contributed by atoms with E-state index >= 15 is 0 Å². The highest BCUT2D eigenvalue weighted by atomic mass is 14.8. The number of aromatic nitrogens is 3. The third kappa shape index (κ3) is 5.57. The summed E-state index contributed by atoms with van der Waals surface area (Å²) >= 11 is 0. The Kier molecular flexibility index (Phi) is 7.53. The van der Waals surface area contributed by atoms with Crippen LogP contribution in [-0.2, 0) is 6.42 Å². The summed E-state index contributed by atoms with van der Waals surface area (Å²) in [6.45, 7) is 0. The summed E-state index contributed by atoms with van der Waals surface area (Å²) in [4.78, 5) is 20.9. The molecule has 1 aliphatic heterocycles. The van der Waals surface area contributed by atoms with E-state index in [9.17, 15) is 0 Å². The Morgan fingerprint density at radius 1 is 0.558 bits per heavy atom. The van der Waals surface area contributed by atoms with Gasteiger partial charge in [0.1, 0.15) is 0 Å². The molecule has 0 radical (unpaired) electrons. The zero-order valence-electron chi connectivity index (χ0n) is 28.8. The van der Waals surface area contributed by atoms with Gasteiger partial charge in [-0.15, -0.1) is 0 Å². The van der Waals surface area contributed by atoms with Crippen molar-refractivity contribution in [2.45, 2.75) is 38.0 Å². The van der Waals surface area contributed by atoms with E-state index in [1.807, 2.05) is 6.07 Å². The summed E-state index contributed by atoms with van der Waals surface area (Å²) in [5.74, 6) is 0.178. The number of hydrogen-bond donors (Lipinski definition) is 0. The second kappa shape index (κ2) is 12.8. The van der Waals surface area contributed by atoms with E-state index in [2.05, 4.69) is 146 Å². The minimum Gasteiger partial charge on any atom is -0.251 e. The topological polar surface area (TPSA) is 51.0 Å². The predicted molar refractivity (Wildman–Crippen MR) is 216 cm³/mol. The van der Waals surface area contributed by atoms with E-state index in [1.165, 1.54) is 28.0 Å². The molecule has 0 saturated heterocycles. The Hall–Kier alpha value is -6.26. The highest BCUT2D eigenvalue weighted by Gasteiger charge is 2.21. The number of nitrogens with zero attached hydrogens (tertiary/aromatic N) is 4. The van der Waals surface area contributed by atoms with E-state index < -0.39 is 0 Å². The van der Waals surface area contributed by atoms with Gasteiger partial charge in [0.05, 0.1) is 33.6 Å². The average molecular weight is 669 g/mol. The van der Waals surface area contributed by atoms with Crippen LogP contribution in [0.2, 0.25) is 0 Å². The van der Waals surface area contributed by atoms with E-state index in [-0.39, 0.29) is 5.92 Å². The maximum absolute atomic E-state index is 5.33. The molecular formula is C48H36N4. The smallest absolute Gasteiger partial charge is 0.0972 e. The minimum absolute atomic E-state index is 0.178. The molecule has 4 aromatic carbocycles. The molecule has 7 aromatic rings. The molecule has 2 aliphatic carbocycles. The molecule has 3 aliphatic rings. The lowest BCUT2D eigenvalue weighted by atomic mass is 9.88. The molecule has 0 N–H and O–H groups in total. The Morgan fingerprint density at radius 3 is 2.08 bits per heavy atom. The van der Waals surface area contributed by atoms with Crippen LogP contribution in [-0.4, -0.2) is 20.7 Å². The summed E-state index contributed by atoms with van der Waals surface area (Å²) in [7, 11) is 0. The number of hydrogen-bond acceptors (Lipinski definition) is 4. The van der Waals surface area contributed by atoms with Crippen molar-refractivity contribution in [3.8, 4) is 22.5 Å². The van der Waals surface area contributed by atoms with E-state index in [0.717, 1.165) is 98.7 Å². The molecule has 10 rings (SSSR count). The number of benzene rings is 4. The van der Waals surface area contributed by atoms with Crippen LogP contribution in [0.1, 0.15) is 48.4 Å². The van der Waals surface area contributed by atoms with Crippen molar-refractivity contribution in [2.75, 3.05) is 0 Å². The summed E-state index contributed by atoms with van der Waals surface area (Å²) in [6.07, 6.45) is 18.6. The number of aliphatic imine (C=N–C) groups is 1. The lowest BCUT2D eigenvalue weighted by molar-refractivity contribution is 0.824. The number of aryl methyl sites for hydroxylation is 1. The fourth-order valence-electron chi connectivity index (χ4n) is 7.92. The largest absolute Gasteiger partial charge is 0.251 e. The molecule has 0 amide bonds. The van der Waals surface area contributed by atoms with Gasteiger partial charge in [0.15, 0.2) is 0 Å². The lowest BCUT2D eigenvalue weighted by Crippen LogP contribution is -2.10. The van der Waals surface area contributed by atoms with E-state index in [4.69, 9.17) is 19.9 Å². The molecule has 0 saturated carbocycles. The molecule has 0 fully saturated rings. The third-order valence-corrected chi connectivity index (χ3v) is 10.7. The first-order valence-corrected chi connectivity index (χ1v) is 18.3. The van der Waals surface area contributed by atoms with Crippen molar-refractivity contribution >= 4 is 49.7 Å². The van der Waals surface area contributed by atoms with Gasteiger partial charge in [-0.05, 0) is 78.6 Å². The summed E-state index contributed by atoms with van der Waals surface area (Å²) in [6, 6.07) is 40.8. The van der Waals surface area contributed by atoms with Gasteiger partial charge in [-0.2, -0.15) is 0 Å². The normalized spacial score (nSPS) is 16.8. The zero-order chi connectivity index (χ0) is 34.4. The molecule has 4 nitrogen and oxygen atoms in total. The van der Waals surface area contributed by atoms with E-state index in [0.29, 0.717) is 0 Å². The van der Waals surface area contributed by atoms with Crippen molar-refractivity contribution in [3.05, 3.63) is 174 Å². The van der Waals surface area contributed by atoms with Crippen molar-refractivity contribution in [1.29, 1.82) is 0 Å². The van der Waals surface area contributed by atoms with Crippen molar-refractivity contribution in [2.24, 2.45) is 4.99 Å². The zero-order valence-corrected chi connectivity index (χ0v) is 28.8. The van der Waals surface area contributed by atoms with Crippen molar-refractivity contribution in [3.63, 3.8) is 0 Å². The predicted octanol–water partition coefficient (Wildman–Crippen LogP) is 12.1. The highest BCUT2D eigenvalue weighted by molar-refractivity contribution is 6.06. The molecule has 52 heavy (non-hydrogen) atoms. The van der Waals surface area contributed by atoms with Crippen molar-refractivity contribution in [1.82, 2.24) is 15.0 Å². The molecule has 4 heteroatoms. The number of allylic oxidation sites excluding steroid dienone is 8. The second-order valence-electron chi connectivity index (χ2n) is 14.0. The molecule has 248 valence electrons. The number of rotatable bonds is 5. The van der Waals surface area contributed by atoms with Crippen LogP contribution in [0, 0.1) is 0 Å². The van der Waals surface area contributed by atoms with Gasteiger partial charge in [0.25, 0.3) is 0 Å². The second-order valence-corrected chi connectivity index (χ2v) is 14.0. The van der Waals surface area contributed by atoms with Gasteiger partial charge in [-0.3, -0.25) is 4.99 Å². The number of pyridine rings is 3. The van der Waals surface area contributed by atoms with Crippen LogP contribution in [0.5, 0.6) is 0 Å². The monoisotopic (exact) mass is 668 g/mol. The maximum atomic E-state index is 5.33. The van der Waals surface area contributed by atoms with Crippen LogP contribution in [0.25, 0.3) is 60.8 Å². The molecule has 0 spiro atoms. The Morgan fingerprint density at radius 2 is 1.27 bits per heavy atom. The first kappa shape index (κ1) is 30.6. The van der Waals surface area contributed by atoms with Gasteiger partial charge in [0, 0.05) is 44.6 Å². The third-order valence-electron chi connectivity index (χ3n) is 10.7. The van der Waals surface area contributed by atoms with Crippen LogP contribution in [0.15, 0.2) is 162 Å². The number of fused-ring (bicyclic) bond motifs is 6. The quantitative estimate of drug-likeness (QED) is 0.172. The van der Waals surface area contributed by atoms with Gasteiger partial charge < -0.3 is 0 Å². The standard InChI is InChI=1S/C48H36N4/c1-3-9-31(10-4-1)41-25-21-33-17-19-35-23-27-43(51-47(35)45(33)49-41)39-15-7-13-37(29-39)38-14-8-16-40(30-38)44-28-24-36-20-18-34-22-26-42(32-11-5-2-6-12-32)50-46(34)48(36)52-44/h1-5,7-11,13-15,17-21,23-25,27-30,40H,6,12,16,22,26H2. The van der Waals surface area contributed by atoms with Gasteiger partial charge in [0.2, 0.25) is 0 Å². The Labute approximate surface area is 303 Å². The fourth-order valence-corrected chi connectivity index (χ4v) is 7.92. The molecule has 3 aromatic heterocycles. The molecule has 1 atom stereocenters. The summed E-state index contributed by atoms with van der Waals surface area (Å²) in [5.41, 5.74) is 15.3. The van der Waals surface area contributed by atoms with Gasteiger partial charge in [-0.1, -0.05) is 127 Å². The van der Waals surface area contributed by atoms with Crippen LogP contribution in [0.3, 0.4) is 0 Å². The Bertz CT molecular complexity index is 2710. The van der Waals surface area contributed by atoms with Crippen LogP contribution >= 0.6 is 0 Å². The Balaban J connectivity index is 0.991. The minimum atomic E-state index is 0.178. The average Bonchev–Trinajstić information content (AvgIpc) is 3.23. The van der Waals surface area contributed by atoms with Crippen molar-refractivity contribution < 1.29 is 0 Å². The maximum Gasteiger partial charge on any atom is 0.0972 e. The van der Waals surface area contributed by atoms with Crippen LogP contribution in [0.4, 0.5) is 5.69 Å². The fraction of sp³-hybridized carbons (Fsp3) is 0.125. The van der Waals surface area contributed by atoms with Gasteiger partial charge in [-0.25, -0.2) is 15.0 Å². The highest BCUT2D eigenvalue weighted by Crippen LogP contribution is 2.38. The molecule has 0 bridgehead atoms. The molecular weight excluding hydrogens is 633 g/mol. The van der Waals surface area contributed by atoms with Gasteiger partial charge >= 0.3 is 0 Å². The first-order chi connectivity index (χ1) is 25.7. The first-order valence-electron chi connectivity index (χ1n) is 18.3. The van der Waals surface area contributed by atoms with Crippen LogP contribution < -0.4 is 0 Å².